The van der Waals surface area contributed by atoms with Crippen LogP contribution in [0.2, 0.25) is 0 Å². The van der Waals surface area contributed by atoms with Crippen molar-refractivity contribution in [3.63, 3.8) is 0 Å². The van der Waals surface area contributed by atoms with E-state index < -0.39 is 24.8 Å². The molecule has 4 nitrogen and oxygen atoms in total. The van der Waals surface area contributed by atoms with Crippen molar-refractivity contribution in [1.29, 1.82) is 5.26 Å². The van der Waals surface area contributed by atoms with Crippen LogP contribution in [-0.4, -0.2) is 36.7 Å². The van der Waals surface area contributed by atoms with E-state index >= 15 is 0 Å². The normalized spacial score (nSPS) is 12.8. The monoisotopic (exact) mass is 223 g/mol. The maximum Gasteiger partial charge on any atom is 0.405 e. The standard InChI is InChI=1S/C8H12F3N3O/c1-6(3-4-12)14(2)7(15)13-5-8(9,10)11/h6H,3,5H2,1-2H3,(H,13,15). The van der Waals surface area contributed by atoms with Crippen molar-refractivity contribution in [1.82, 2.24) is 10.2 Å². The maximum absolute atomic E-state index is 11.7. The van der Waals surface area contributed by atoms with Gasteiger partial charge >= 0.3 is 12.2 Å². The third kappa shape index (κ3) is 5.78. The van der Waals surface area contributed by atoms with Crippen LogP contribution < -0.4 is 5.32 Å². The lowest BCUT2D eigenvalue weighted by Crippen LogP contribution is -2.45. The van der Waals surface area contributed by atoms with Crippen molar-refractivity contribution in [3.8, 4) is 6.07 Å². The number of hydrogen-bond acceptors (Lipinski definition) is 2. The molecule has 1 unspecified atom stereocenters. The van der Waals surface area contributed by atoms with Gasteiger partial charge in [-0.1, -0.05) is 0 Å². The van der Waals surface area contributed by atoms with Crippen LogP contribution in [0.15, 0.2) is 0 Å². The summed E-state index contributed by atoms with van der Waals surface area (Å²) in [5.74, 6) is 0. The van der Waals surface area contributed by atoms with Gasteiger partial charge in [-0.15, -0.1) is 0 Å². The zero-order valence-corrected chi connectivity index (χ0v) is 8.43. The van der Waals surface area contributed by atoms with Crippen molar-refractivity contribution >= 4 is 6.03 Å². The third-order valence-electron chi connectivity index (χ3n) is 1.81. The van der Waals surface area contributed by atoms with Crippen LogP contribution in [0.25, 0.3) is 0 Å². The molecule has 0 rings (SSSR count). The van der Waals surface area contributed by atoms with Crippen molar-refractivity contribution in [2.45, 2.75) is 25.6 Å². The Balaban J connectivity index is 4.06. The highest BCUT2D eigenvalue weighted by molar-refractivity contribution is 5.74. The fourth-order valence-electron chi connectivity index (χ4n) is 0.770. The minimum absolute atomic E-state index is 0.0793. The molecule has 0 bridgehead atoms. The van der Waals surface area contributed by atoms with E-state index in [9.17, 15) is 18.0 Å². The fraction of sp³-hybridized carbons (Fsp3) is 0.750. The molecule has 0 aromatic heterocycles. The van der Waals surface area contributed by atoms with E-state index in [1.807, 2.05) is 6.07 Å². The zero-order chi connectivity index (χ0) is 12.1. The lowest BCUT2D eigenvalue weighted by atomic mass is 10.2. The van der Waals surface area contributed by atoms with E-state index in [-0.39, 0.29) is 6.42 Å². The second kappa shape index (κ2) is 5.44. The Morgan fingerprint density at radius 2 is 2.13 bits per heavy atom. The molecule has 0 fully saturated rings. The van der Waals surface area contributed by atoms with Crippen LogP contribution >= 0.6 is 0 Å². The predicted molar refractivity (Wildman–Crippen MR) is 46.9 cm³/mol. The van der Waals surface area contributed by atoms with E-state index in [1.165, 1.54) is 7.05 Å². The average Bonchev–Trinajstić information content (AvgIpc) is 2.12. The molecule has 0 aromatic rings. The number of nitrogens with zero attached hydrogens (tertiary/aromatic N) is 2. The highest BCUT2D eigenvalue weighted by atomic mass is 19.4. The van der Waals surface area contributed by atoms with Crippen LogP contribution in [-0.2, 0) is 0 Å². The average molecular weight is 223 g/mol. The largest absolute Gasteiger partial charge is 0.405 e. The number of amides is 2. The van der Waals surface area contributed by atoms with Crippen molar-refractivity contribution in [2.75, 3.05) is 13.6 Å². The van der Waals surface area contributed by atoms with Gasteiger partial charge in [-0.2, -0.15) is 18.4 Å². The number of carbonyl (C=O) groups is 1. The van der Waals surface area contributed by atoms with Crippen LogP contribution in [0.4, 0.5) is 18.0 Å². The summed E-state index contributed by atoms with van der Waals surface area (Å²) in [6.45, 7) is 0.214. The van der Waals surface area contributed by atoms with Crippen molar-refractivity contribution < 1.29 is 18.0 Å². The van der Waals surface area contributed by atoms with E-state index in [0.29, 0.717) is 0 Å². The van der Waals surface area contributed by atoms with Gasteiger partial charge < -0.3 is 10.2 Å². The second-order valence-electron chi connectivity index (χ2n) is 3.10. The molecule has 0 saturated carbocycles. The smallest absolute Gasteiger partial charge is 0.329 e. The van der Waals surface area contributed by atoms with Crippen LogP contribution in [0.5, 0.6) is 0 Å². The molecule has 86 valence electrons. The van der Waals surface area contributed by atoms with Gasteiger partial charge in [0.05, 0.1) is 12.5 Å². The number of rotatable bonds is 3. The molecule has 0 aliphatic rings. The molecule has 0 aromatic carbocycles. The molecule has 2 amide bonds. The lowest BCUT2D eigenvalue weighted by molar-refractivity contribution is -0.123. The van der Waals surface area contributed by atoms with Gasteiger partial charge in [0.15, 0.2) is 0 Å². The first kappa shape index (κ1) is 13.5. The predicted octanol–water partition coefficient (Wildman–Crippen LogP) is 1.49. The van der Waals surface area contributed by atoms with Crippen LogP contribution in [0.1, 0.15) is 13.3 Å². The van der Waals surface area contributed by atoms with Gasteiger partial charge in [0.2, 0.25) is 0 Å². The van der Waals surface area contributed by atoms with Gasteiger partial charge in [0, 0.05) is 13.1 Å². The Hall–Kier alpha value is -1.45. The third-order valence-corrected chi connectivity index (χ3v) is 1.81. The summed E-state index contributed by atoms with van der Waals surface area (Å²) in [7, 11) is 1.34. The number of carbonyl (C=O) groups excluding carboxylic acids is 1. The molecule has 1 N–H and O–H groups in total. The quantitative estimate of drug-likeness (QED) is 0.788. The lowest BCUT2D eigenvalue weighted by Gasteiger charge is -2.23. The van der Waals surface area contributed by atoms with E-state index in [1.54, 1.807) is 12.2 Å². The first-order valence-corrected chi connectivity index (χ1v) is 4.22. The van der Waals surface area contributed by atoms with Gasteiger partial charge in [-0.25, -0.2) is 4.79 Å². The Kier molecular flexibility index (Phi) is 4.91. The summed E-state index contributed by atoms with van der Waals surface area (Å²) >= 11 is 0. The number of urea groups is 1. The number of alkyl halides is 3. The minimum Gasteiger partial charge on any atom is -0.329 e. The molecule has 7 heteroatoms. The highest BCUT2D eigenvalue weighted by Crippen LogP contribution is 2.12. The first-order valence-electron chi connectivity index (χ1n) is 4.22. The Morgan fingerprint density at radius 1 is 1.60 bits per heavy atom. The summed E-state index contributed by atoms with van der Waals surface area (Å²) in [5, 5.41) is 10.1. The highest BCUT2D eigenvalue weighted by Gasteiger charge is 2.28. The van der Waals surface area contributed by atoms with Gasteiger partial charge in [-0.05, 0) is 6.92 Å². The maximum atomic E-state index is 11.7. The second-order valence-corrected chi connectivity index (χ2v) is 3.10. The number of hydrogen-bond donors (Lipinski definition) is 1. The minimum atomic E-state index is -4.42. The summed E-state index contributed by atoms with van der Waals surface area (Å²) in [6, 6.07) is 0.580. The van der Waals surface area contributed by atoms with Gasteiger partial charge in [0.25, 0.3) is 0 Å². The number of nitriles is 1. The van der Waals surface area contributed by atoms with Crippen molar-refractivity contribution in [3.05, 3.63) is 0 Å². The van der Waals surface area contributed by atoms with E-state index in [0.717, 1.165) is 4.90 Å². The first-order chi connectivity index (χ1) is 6.78. The number of nitrogens with one attached hydrogen (secondary N) is 1. The molecule has 0 heterocycles. The van der Waals surface area contributed by atoms with E-state index in [4.69, 9.17) is 5.26 Å². The topological polar surface area (TPSA) is 56.1 Å². The van der Waals surface area contributed by atoms with Gasteiger partial charge in [-0.3, -0.25) is 0 Å². The molecular formula is C8H12F3N3O. The fourth-order valence-corrected chi connectivity index (χ4v) is 0.770. The molecule has 0 radical (unpaired) electrons. The molecule has 0 aliphatic carbocycles. The summed E-state index contributed by atoms with van der Waals surface area (Å²) in [6.07, 6.45) is -4.34. The number of halogens is 3. The Bertz CT molecular complexity index is 259. The molecule has 0 saturated heterocycles. The van der Waals surface area contributed by atoms with Crippen molar-refractivity contribution in [2.24, 2.45) is 0 Å². The Morgan fingerprint density at radius 3 is 2.53 bits per heavy atom. The molecule has 0 aliphatic heterocycles. The molecule has 0 spiro atoms. The Labute approximate surface area is 85.7 Å². The molecule has 1 atom stereocenters. The zero-order valence-electron chi connectivity index (χ0n) is 8.43. The van der Waals surface area contributed by atoms with E-state index in [2.05, 4.69) is 0 Å². The summed E-state index contributed by atoms with van der Waals surface area (Å²) < 4.78 is 35.2. The van der Waals surface area contributed by atoms with Crippen LogP contribution in [0.3, 0.4) is 0 Å². The molecule has 15 heavy (non-hydrogen) atoms. The SMILES string of the molecule is CC(CC#N)N(C)C(=O)NCC(F)(F)F. The van der Waals surface area contributed by atoms with Gasteiger partial charge in [0.1, 0.15) is 6.54 Å². The van der Waals surface area contributed by atoms with Crippen LogP contribution in [0, 0.1) is 11.3 Å². The summed E-state index contributed by atoms with van der Waals surface area (Å²) in [5.41, 5.74) is 0. The molecular weight excluding hydrogens is 211 g/mol. The summed E-state index contributed by atoms with van der Waals surface area (Å²) in [4.78, 5) is 12.2.